The number of para-hydroxylation sites is 1. The van der Waals surface area contributed by atoms with E-state index in [0.717, 1.165) is 23.1 Å². The van der Waals surface area contributed by atoms with Gasteiger partial charge in [0.2, 0.25) is 0 Å². The van der Waals surface area contributed by atoms with Crippen LogP contribution in [-0.2, 0) is 11.3 Å². The fourth-order valence-electron chi connectivity index (χ4n) is 2.62. The summed E-state index contributed by atoms with van der Waals surface area (Å²) in [5.41, 5.74) is 1.32. The van der Waals surface area contributed by atoms with Gasteiger partial charge in [0.05, 0.1) is 11.0 Å². The van der Waals surface area contributed by atoms with Gasteiger partial charge in [-0.25, -0.2) is 4.57 Å². The lowest BCUT2D eigenvalue weighted by Crippen LogP contribution is -2.38. The van der Waals surface area contributed by atoms with Crippen LogP contribution in [0.15, 0.2) is 58.3 Å². The predicted molar refractivity (Wildman–Crippen MR) is 107 cm³/mol. The number of pyridine rings is 1. The van der Waals surface area contributed by atoms with Crippen molar-refractivity contribution in [1.82, 2.24) is 0 Å². The van der Waals surface area contributed by atoms with Crippen LogP contribution in [0.25, 0.3) is 0 Å². The summed E-state index contributed by atoms with van der Waals surface area (Å²) in [7, 11) is 0. The van der Waals surface area contributed by atoms with Crippen LogP contribution in [0.3, 0.4) is 0 Å². The third-order valence-corrected chi connectivity index (χ3v) is 4.20. The van der Waals surface area contributed by atoms with Gasteiger partial charge in [0.1, 0.15) is 18.2 Å². The number of benzene rings is 1. The number of carbonyl (C=O) groups excluding carboxylic acids is 1. The smallest absolute Gasteiger partial charge is 0.264 e. The molecule has 1 heterocycles. The van der Waals surface area contributed by atoms with Crippen molar-refractivity contribution < 1.29 is 19.2 Å². The maximum Gasteiger partial charge on any atom is 0.264 e. The maximum atomic E-state index is 13.2. The molecule has 6 nitrogen and oxygen atoms in total. The third-order valence-electron chi connectivity index (χ3n) is 3.76. The van der Waals surface area contributed by atoms with E-state index >= 15 is 0 Å². The Morgan fingerprint density at radius 2 is 2.00 bits per heavy atom. The number of carbonyl (C=O) groups is 1. The van der Waals surface area contributed by atoms with Crippen LogP contribution in [0.2, 0.25) is 0 Å². The molecule has 27 heavy (non-hydrogen) atoms. The first kappa shape index (κ1) is 20.9. The molecule has 2 aromatic rings. The molecule has 1 aromatic heterocycles. The van der Waals surface area contributed by atoms with Crippen LogP contribution in [-0.4, -0.2) is 31.7 Å². The van der Waals surface area contributed by atoms with E-state index in [2.05, 4.69) is 27.8 Å². The van der Waals surface area contributed by atoms with E-state index < -0.39 is 6.08 Å². The Kier molecular flexibility index (Phi) is 8.26. The number of anilines is 1. The number of rotatable bonds is 8. The zero-order chi connectivity index (χ0) is 19.6. The summed E-state index contributed by atoms with van der Waals surface area (Å²) in [6.07, 6.45) is 4.15. The molecule has 2 rings (SSSR count). The van der Waals surface area contributed by atoms with Crippen LogP contribution in [0.4, 0.5) is 5.69 Å². The van der Waals surface area contributed by atoms with Gasteiger partial charge in [0, 0.05) is 18.7 Å². The summed E-state index contributed by atoms with van der Waals surface area (Å²) in [4.78, 5) is 18.7. The minimum atomic E-state index is -0.610. The monoisotopic (exact) mass is 433 g/mol. The van der Waals surface area contributed by atoms with E-state index in [1.165, 1.54) is 0 Å². The first-order chi connectivity index (χ1) is 13.0. The third kappa shape index (κ3) is 6.36. The van der Waals surface area contributed by atoms with Crippen molar-refractivity contribution in [3.8, 4) is 0 Å². The molecule has 0 saturated carbocycles. The van der Waals surface area contributed by atoms with Crippen LogP contribution in [0, 0.1) is 0 Å². The lowest BCUT2D eigenvalue weighted by molar-refractivity contribution is -0.697. The maximum absolute atomic E-state index is 13.2. The van der Waals surface area contributed by atoms with Crippen molar-refractivity contribution in [3.63, 3.8) is 0 Å². The van der Waals surface area contributed by atoms with Crippen LogP contribution in [0.1, 0.15) is 30.6 Å². The predicted octanol–water partition coefficient (Wildman–Crippen LogP) is 2.55. The van der Waals surface area contributed by atoms with E-state index in [1.807, 2.05) is 47.3 Å². The number of aliphatic imine (C=N–C) groups is 1. The second-order valence-corrected chi connectivity index (χ2v) is 6.77. The van der Waals surface area contributed by atoms with E-state index in [-0.39, 0.29) is 25.6 Å². The Morgan fingerprint density at radius 3 is 2.67 bits per heavy atom. The number of aromatic nitrogens is 1. The van der Waals surface area contributed by atoms with Crippen molar-refractivity contribution in [3.05, 3.63) is 58.8 Å². The van der Waals surface area contributed by atoms with Crippen molar-refractivity contribution in [2.75, 3.05) is 24.6 Å². The van der Waals surface area contributed by atoms with Crippen LogP contribution >= 0.6 is 15.9 Å². The average Bonchev–Trinajstić information content (AvgIpc) is 2.65. The topological polar surface area (TPSA) is 68.8 Å². The zero-order valence-corrected chi connectivity index (χ0v) is 17.2. The SMILES string of the molecule is CCC[n+]1cc(Br)cc(C(=O)N(CCN=C([O-])OCC)c2ccccc2)c1. The molecule has 0 N–H and O–H groups in total. The summed E-state index contributed by atoms with van der Waals surface area (Å²) in [5.74, 6) is -0.147. The molecule has 0 fully saturated rings. The summed E-state index contributed by atoms with van der Waals surface area (Å²) < 4.78 is 7.64. The van der Waals surface area contributed by atoms with E-state index in [0.29, 0.717) is 5.56 Å². The molecule has 0 aliphatic rings. The summed E-state index contributed by atoms with van der Waals surface area (Å²) in [6, 6.07) is 11.2. The number of halogens is 1. The fraction of sp³-hybridized carbons (Fsp3) is 0.350. The van der Waals surface area contributed by atoms with Gasteiger partial charge < -0.3 is 14.7 Å². The molecule has 7 heteroatoms. The zero-order valence-electron chi connectivity index (χ0n) is 15.6. The number of ether oxygens (including phenoxy) is 1. The molecule has 0 spiro atoms. The largest absolute Gasteiger partial charge is 0.601 e. The number of hydrogen-bond donors (Lipinski definition) is 0. The Hall–Kier alpha value is -2.41. The molecule has 0 saturated heterocycles. The Bertz CT molecular complexity index is 781. The lowest BCUT2D eigenvalue weighted by Gasteiger charge is -2.22. The Balaban J connectivity index is 2.27. The van der Waals surface area contributed by atoms with Crippen molar-refractivity contribution in [1.29, 1.82) is 0 Å². The number of nitrogens with zero attached hydrogens (tertiary/aromatic N) is 3. The van der Waals surface area contributed by atoms with E-state index in [9.17, 15) is 9.90 Å². The van der Waals surface area contributed by atoms with Crippen molar-refractivity contribution in [2.45, 2.75) is 26.8 Å². The van der Waals surface area contributed by atoms with Crippen LogP contribution in [0.5, 0.6) is 0 Å². The first-order valence-corrected chi connectivity index (χ1v) is 9.75. The van der Waals surface area contributed by atoms with Gasteiger partial charge in [-0.2, -0.15) is 0 Å². The van der Waals surface area contributed by atoms with Gasteiger partial charge >= 0.3 is 0 Å². The second-order valence-electron chi connectivity index (χ2n) is 5.85. The molecule has 144 valence electrons. The average molecular weight is 434 g/mol. The highest BCUT2D eigenvalue weighted by atomic mass is 79.9. The van der Waals surface area contributed by atoms with Crippen LogP contribution < -0.4 is 14.6 Å². The Labute approximate surface area is 168 Å². The highest BCUT2D eigenvalue weighted by molar-refractivity contribution is 9.10. The summed E-state index contributed by atoms with van der Waals surface area (Å²) in [5, 5.41) is 11.5. The standard InChI is InChI=1S/C20H24BrN3O3/c1-3-11-23-14-16(13-17(21)15-23)19(25)24(18-8-6-5-7-9-18)12-10-22-20(26)27-4-2/h5-9,13-15H,3-4,10-12H2,1-2H3. The normalized spacial score (nSPS) is 11.3. The molecular formula is C20H24BrN3O3. The minimum Gasteiger partial charge on any atom is -0.601 e. The molecule has 0 bridgehead atoms. The molecule has 1 amide bonds. The molecule has 1 aromatic carbocycles. The van der Waals surface area contributed by atoms with Gasteiger partial charge in [-0.05, 0) is 40.7 Å². The van der Waals surface area contributed by atoms with Crippen molar-refractivity contribution in [2.24, 2.45) is 4.99 Å². The summed E-state index contributed by atoms with van der Waals surface area (Å²) in [6.45, 7) is 5.36. The molecule has 0 aliphatic carbocycles. The van der Waals surface area contributed by atoms with E-state index in [4.69, 9.17) is 4.74 Å². The summed E-state index contributed by atoms with van der Waals surface area (Å²) >= 11 is 3.47. The molecular weight excluding hydrogens is 410 g/mol. The van der Waals surface area contributed by atoms with E-state index in [1.54, 1.807) is 17.9 Å². The molecule has 0 atom stereocenters. The fourth-order valence-corrected chi connectivity index (χ4v) is 3.13. The molecule has 0 aliphatic heterocycles. The first-order valence-electron chi connectivity index (χ1n) is 8.96. The van der Waals surface area contributed by atoms with Gasteiger partial charge in [-0.3, -0.25) is 9.79 Å². The minimum absolute atomic E-state index is 0.147. The van der Waals surface area contributed by atoms with Gasteiger partial charge in [0.15, 0.2) is 12.4 Å². The number of amides is 1. The Morgan fingerprint density at radius 1 is 1.26 bits per heavy atom. The second kappa shape index (κ2) is 10.7. The van der Waals surface area contributed by atoms with Crippen molar-refractivity contribution >= 4 is 33.6 Å². The van der Waals surface area contributed by atoms with Gasteiger partial charge in [-0.15, -0.1) is 0 Å². The highest BCUT2D eigenvalue weighted by Gasteiger charge is 2.21. The van der Waals surface area contributed by atoms with Gasteiger partial charge in [0.25, 0.3) is 5.91 Å². The lowest BCUT2D eigenvalue weighted by atomic mass is 10.2. The quantitative estimate of drug-likeness (QED) is 0.364. The number of aryl methyl sites for hydroxylation is 1. The molecule has 0 unspecified atom stereocenters. The molecule has 0 radical (unpaired) electrons. The number of hydrogen-bond acceptors (Lipinski definition) is 4. The van der Waals surface area contributed by atoms with Gasteiger partial charge in [-0.1, -0.05) is 32.0 Å². The highest BCUT2D eigenvalue weighted by Crippen LogP contribution is 2.18.